The number of hydrogen-bond acceptors (Lipinski definition) is 5. The van der Waals surface area contributed by atoms with Gasteiger partial charge in [0.2, 0.25) is 0 Å². The molecule has 1 amide bonds. The van der Waals surface area contributed by atoms with E-state index < -0.39 is 0 Å². The van der Waals surface area contributed by atoms with Gasteiger partial charge in [-0.3, -0.25) is 9.59 Å². The number of ether oxygens (including phenoxy) is 1. The summed E-state index contributed by atoms with van der Waals surface area (Å²) in [5, 5.41) is 3.00. The van der Waals surface area contributed by atoms with Gasteiger partial charge in [0.1, 0.15) is 5.75 Å². The number of anilines is 2. The minimum atomic E-state index is -0.159. The van der Waals surface area contributed by atoms with Crippen molar-refractivity contribution in [1.29, 1.82) is 0 Å². The standard InChI is InChI=1S/C28H31N3O3/c1-19-17-22(20(2)32)7-11-25(19)21-5-9-24(10-6-21)29-28(33)23-8-12-27(34-4)26(18-23)31-15-13-30(3)14-16-31/h5-12,17-18H,13-16H2,1-4H3,(H,29,33). The van der Waals surface area contributed by atoms with Gasteiger partial charge in [-0.1, -0.05) is 24.3 Å². The molecule has 0 spiro atoms. The number of likely N-dealkylation sites (N-methyl/N-ethyl adjacent to an activating group) is 1. The molecule has 6 heteroatoms. The first-order valence-electron chi connectivity index (χ1n) is 11.5. The van der Waals surface area contributed by atoms with E-state index >= 15 is 0 Å². The van der Waals surface area contributed by atoms with Gasteiger partial charge in [0.25, 0.3) is 5.91 Å². The van der Waals surface area contributed by atoms with Crippen molar-refractivity contribution >= 4 is 23.1 Å². The molecule has 176 valence electrons. The molecule has 1 heterocycles. The molecule has 1 fully saturated rings. The molecule has 1 N–H and O–H groups in total. The molecule has 4 rings (SSSR count). The molecule has 1 saturated heterocycles. The molecule has 3 aromatic carbocycles. The van der Waals surface area contributed by atoms with E-state index in [9.17, 15) is 9.59 Å². The van der Waals surface area contributed by atoms with Crippen molar-refractivity contribution in [3.63, 3.8) is 0 Å². The highest BCUT2D eigenvalue weighted by Crippen LogP contribution is 2.31. The van der Waals surface area contributed by atoms with Crippen LogP contribution in [0.3, 0.4) is 0 Å². The van der Waals surface area contributed by atoms with Crippen molar-refractivity contribution in [3.8, 4) is 16.9 Å². The minimum Gasteiger partial charge on any atom is -0.495 e. The Morgan fingerprint density at radius 1 is 0.882 bits per heavy atom. The lowest BCUT2D eigenvalue weighted by Gasteiger charge is -2.34. The molecular weight excluding hydrogens is 426 g/mol. The van der Waals surface area contributed by atoms with Crippen LogP contribution in [0.2, 0.25) is 0 Å². The first-order chi connectivity index (χ1) is 16.4. The van der Waals surface area contributed by atoms with Crippen molar-refractivity contribution in [2.24, 2.45) is 0 Å². The van der Waals surface area contributed by atoms with Crippen LogP contribution in [-0.2, 0) is 0 Å². The summed E-state index contributed by atoms with van der Waals surface area (Å²) < 4.78 is 5.56. The van der Waals surface area contributed by atoms with Crippen LogP contribution in [0.15, 0.2) is 60.7 Å². The van der Waals surface area contributed by atoms with Crippen molar-refractivity contribution in [2.45, 2.75) is 13.8 Å². The zero-order chi connectivity index (χ0) is 24.2. The first kappa shape index (κ1) is 23.5. The van der Waals surface area contributed by atoms with E-state index in [-0.39, 0.29) is 11.7 Å². The van der Waals surface area contributed by atoms with E-state index in [1.807, 2.05) is 61.5 Å². The average Bonchev–Trinajstić information content (AvgIpc) is 2.84. The second-order valence-corrected chi connectivity index (χ2v) is 8.79. The maximum absolute atomic E-state index is 13.0. The zero-order valence-electron chi connectivity index (χ0n) is 20.2. The molecule has 0 bridgehead atoms. The van der Waals surface area contributed by atoms with Crippen LogP contribution in [-0.4, -0.2) is 56.9 Å². The molecule has 0 radical (unpaired) electrons. The second-order valence-electron chi connectivity index (χ2n) is 8.79. The Morgan fingerprint density at radius 3 is 2.18 bits per heavy atom. The summed E-state index contributed by atoms with van der Waals surface area (Å²) in [6.45, 7) is 7.31. The highest BCUT2D eigenvalue weighted by Gasteiger charge is 2.19. The maximum atomic E-state index is 13.0. The fourth-order valence-corrected chi connectivity index (χ4v) is 4.27. The van der Waals surface area contributed by atoms with Gasteiger partial charge in [-0.15, -0.1) is 0 Å². The smallest absolute Gasteiger partial charge is 0.255 e. The molecule has 0 aromatic heterocycles. The number of nitrogens with zero attached hydrogens (tertiary/aromatic N) is 2. The van der Waals surface area contributed by atoms with Crippen molar-refractivity contribution in [1.82, 2.24) is 4.90 Å². The molecule has 0 aliphatic carbocycles. The fourth-order valence-electron chi connectivity index (χ4n) is 4.27. The number of benzene rings is 3. The molecule has 1 aliphatic rings. The summed E-state index contributed by atoms with van der Waals surface area (Å²) in [6.07, 6.45) is 0. The predicted octanol–water partition coefficient (Wildman–Crippen LogP) is 4.88. The van der Waals surface area contributed by atoms with Crippen LogP contribution in [0.1, 0.15) is 33.2 Å². The van der Waals surface area contributed by atoms with Crippen molar-refractivity contribution in [3.05, 3.63) is 77.4 Å². The summed E-state index contributed by atoms with van der Waals surface area (Å²) in [5.41, 5.74) is 6.11. The molecule has 1 aliphatic heterocycles. The predicted molar refractivity (Wildman–Crippen MR) is 137 cm³/mol. The van der Waals surface area contributed by atoms with Gasteiger partial charge in [-0.2, -0.15) is 0 Å². The van der Waals surface area contributed by atoms with Gasteiger partial charge in [-0.25, -0.2) is 0 Å². The van der Waals surface area contributed by atoms with Crippen LogP contribution in [0.5, 0.6) is 5.75 Å². The van der Waals surface area contributed by atoms with Gasteiger partial charge in [-0.05, 0) is 74.0 Å². The Balaban J connectivity index is 1.50. The number of carbonyl (C=O) groups is 2. The Bertz CT molecular complexity index is 1200. The van der Waals surface area contributed by atoms with E-state index in [0.29, 0.717) is 11.1 Å². The van der Waals surface area contributed by atoms with Crippen LogP contribution >= 0.6 is 0 Å². The first-order valence-corrected chi connectivity index (χ1v) is 11.5. The number of nitrogens with one attached hydrogen (secondary N) is 1. The molecule has 0 atom stereocenters. The number of methoxy groups -OCH3 is 1. The molecule has 3 aromatic rings. The van der Waals surface area contributed by atoms with E-state index in [2.05, 4.69) is 22.2 Å². The number of carbonyl (C=O) groups excluding carboxylic acids is 2. The maximum Gasteiger partial charge on any atom is 0.255 e. The SMILES string of the molecule is COc1ccc(C(=O)Nc2ccc(-c3ccc(C(C)=O)cc3C)cc2)cc1N1CCN(C)CC1. The van der Waals surface area contributed by atoms with E-state index in [0.717, 1.165) is 60.0 Å². The molecule has 0 saturated carbocycles. The highest BCUT2D eigenvalue weighted by atomic mass is 16.5. The summed E-state index contributed by atoms with van der Waals surface area (Å²) >= 11 is 0. The summed E-state index contributed by atoms with van der Waals surface area (Å²) in [5.74, 6) is 0.673. The molecular formula is C28H31N3O3. The quantitative estimate of drug-likeness (QED) is 0.535. The number of rotatable bonds is 6. The average molecular weight is 458 g/mol. The van der Waals surface area contributed by atoms with Gasteiger partial charge in [0.05, 0.1) is 12.8 Å². The van der Waals surface area contributed by atoms with Crippen molar-refractivity contribution < 1.29 is 14.3 Å². The van der Waals surface area contributed by atoms with Crippen LogP contribution < -0.4 is 15.0 Å². The topological polar surface area (TPSA) is 61.9 Å². The summed E-state index contributed by atoms with van der Waals surface area (Å²) in [4.78, 5) is 29.2. The highest BCUT2D eigenvalue weighted by molar-refractivity contribution is 6.05. The van der Waals surface area contributed by atoms with E-state index in [1.54, 1.807) is 20.1 Å². The van der Waals surface area contributed by atoms with Gasteiger partial charge in [0.15, 0.2) is 5.78 Å². The lowest BCUT2D eigenvalue weighted by molar-refractivity contribution is 0.101. The van der Waals surface area contributed by atoms with Gasteiger partial charge < -0.3 is 19.9 Å². The number of ketones is 1. The van der Waals surface area contributed by atoms with Crippen LogP contribution in [0, 0.1) is 6.92 Å². The molecule has 34 heavy (non-hydrogen) atoms. The van der Waals surface area contributed by atoms with Crippen LogP contribution in [0.4, 0.5) is 11.4 Å². The van der Waals surface area contributed by atoms with Gasteiger partial charge >= 0.3 is 0 Å². The number of hydrogen-bond donors (Lipinski definition) is 1. The second kappa shape index (κ2) is 10.1. The number of Topliss-reactive ketones (excluding diaryl/α,β-unsaturated/α-hetero) is 1. The third-order valence-electron chi connectivity index (χ3n) is 6.37. The number of amides is 1. The third-order valence-corrected chi connectivity index (χ3v) is 6.37. The third kappa shape index (κ3) is 5.13. The Hall–Kier alpha value is -3.64. The molecule has 0 unspecified atom stereocenters. The Kier molecular flexibility index (Phi) is 6.98. The molecule has 6 nitrogen and oxygen atoms in total. The van der Waals surface area contributed by atoms with Crippen molar-refractivity contribution in [2.75, 3.05) is 50.6 Å². The Morgan fingerprint density at radius 2 is 1.56 bits per heavy atom. The van der Waals surface area contributed by atoms with E-state index in [1.165, 1.54) is 0 Å². The van der Waals surface area contributed by atoms with Crippen LogP contribution in [0.25, 0.3) is 11.1 Å². The lowest BCUT2D eigenvalue weighted by atomic mass is 9.97. The summed E-state index contributed by atoms with van der Waals surface area (Å²) in [7, 11) is 3.78. The normalized spacial score (nSPS) is 14.1. The largest absolute Gasteiger partial charge is 0.495 e. The number of aryl methyl sites for hydroxylation is 1. The fraction of sp³-hybridized carbons (Fsp3) is 0.286. The minimum absolute atomic E-state index is 0.0574. The Labute approximate surface area is 201 Å². The number of piperazine rings is 1. The monoisotopic (exact) mass is 457 g/mol. The summed E-state index contributed by atoms with van der Waals surface area (Å²) in [6, 6.07) is 19.1. The van der Waals surface area contributed by atoms with Gasteiger partial charge in [0, 0.05) is 43.0 Å². The lowest BCUT2D eigenvalue weighted by Crippen LogP contribution is -2.44. The zero-order valence-corrected chi connectivity index (χ0v) is 20.2. The van der Waals surface area contributed by atoms with E-state index in [4.69, 9.17) is 4.74 Å².